The van der Waals surface area contributed by atoms with Crippen LogP contribution >= 0.6 is 0 Å². The van der Waals surface area contributed by atoms with Crippen LogP contribution in [0.1, 0.15) is 40.5 Å². The molecule has 1 rings (SSSR count). The van der Waals surface area contributed by atoms with Crippen molar-refractivity contribution in [3.8, 4) is 0 Å². The van der Waals surface area contributed by atoms with E-state index in [0.29, 0.717) is 26.1 Å². The van der Waals surface area contributed by atoms with E-state index < -0.39 is 6.04 Å². The van der Waals surface area contributed by atoms with Gasteiger partial charge >= 0.3 is 0 Å². The molecule has 1 aliphatic rings. The predicted molar refractivity (Wildman–Crippen MR) is 78.2 cm³/mol. The molecule has 0 bridgehead atoms. The summed E-state index contributed by atoms with van der Waals surface area (Å²) in [5.41, 5.74) is -0.0133. The maximum atomic E-state index is 12.6. The molecule has 1 heterocycles. The van der Waals surface area contributed by atoms with Crippen molar-refractivity contribution >= 4 is 11.8 Å². The van der Waals surface area contributed by atoms with Crippen LogP contribution in [0, 0.1) is 11.3 Å². The summed E-state index contributed by atoms with van der Waals surface area (Å²) in [6, 6.07) is -0.400. The van der Waals surface area contributed by atoms with Crippen LogP contribution in [0.25, 0.3) is 0 Å². The SMILES string of the molecule is COCCC(C)(C)CN1CCC(=O)NC(C(C)C)C1=O. The zero-order chi connectivity index (χ0) is 15.3. The second-order valence-electron chi connectivity index (χ2n) is 6.71. The maximum absolute atomic E-state index is 12.6. The lowest BCUT2D eigenvalue weighted by molar-refractivity contribution is -0.136. The van der Waals surface area contributed by atoms with Gasteiger partial charge in [-0.2, -0.15) is 0 Å². The summed E-state index contributed by atoms with van der Waals surface area (Å²) in [5.74, 6) is 0.111. The minimum absolute atomic E-state index is 0.0133. The van der Waals surface area contributed by atoms with Gasteiger partial charge in [-0.3, -0.25) is 9.59 Å². The van der Waals surface area contributed by atoms with Gasteiger partial charge in [0.1, 0.15) is 6.04 Å². The average molecular weight is 284 g/mol. The van der Waals surface area contributed by atoms with Crippen LogP contribution in [0.15, 0.2) is 0 Å². The Bertz CT molecular complexity index is 353. The number of ether oxygens (including phenoxy) is 1. The van der Waals surface area contributed by atoms with Gasteiger partial charge in [0.2, 0.25) is 11.8 Å². The lowest BCUT2D eigenvalue weighted by Crippen LogP contribution is -2.49. The van der Waals surface area contributed by atoms with Crippen molar-refractivity contribution in [2.24, 2.45) is 11.3 Å². The lowest BCUT2D eigenvalue weighted by Gasteiger charge is -2.33. The Morgan fingerprint density at radius 1 is 1.40 bits per heavy atom. The van der Waals surface area contributed by atoms with Crippen molar-refractivity contribution in [2.45, 2.75) is 46.6 Å². The van der Waals surface area contributed by atoms with E-state index in [1.807, 2.05) is 18.7 Å². The molecule has 0 aromatic rings. The van der Waals surface area contributed by atoms with E-state index in [9.17, 15) is 9.59 Å². The molecule has 5 nitrogen and oxygen atoms in total. The van der Waals surface area contributed by atoms with E-state index in [1.54, 1.807) is 7.11 Å². The molecule has 1 fully saturated rings. The topological polar surface area (TPSA) is 58.6 Å². The van der Waals surface area contributed by atoms with Gasteiger partial charge in [0.05, 0.1) is 0 Å². The number of rotatable bonds is 6. The van der Waals surface area contributed by atoms with Gasteiger partial charge in [-0.15, -0.1) is 0 Å². The Labute approximate surface area is 122 Å². The van der Waals surface area contributed by atoms with E-state index in [4.69, 9.17) is 4.74 Å². The molecule has 0 aliphatic carbocycles. The summed E-state index contributed by atoms with van der Waals surface area (Å²) in [6.07, 6.45) is 1.27. The molecule has 20 heavy (non-hydrogen) atoms. The van der Waals surface area contributed by atoms with Gasteiger partial charge in [-0.05, 0) is 17.8 Å². The Hall–Kier alpha value is -1.10. The first-order valence-corrected chi connectivity index (χ1v) is 7.34. The Balaban J connectivity index is 2.76. The molecule has 0 saturated carbocycles. The quantitative estimate of drug-likeness (QED) is 0.802. The van der Waals surface area contributed by atoms with Crippen LogP contribution in [0.4, 0.5) is 0 Å². The molecular formula is C15H28N2O3. The van der Waals surface area contributed by atoms with Crippen LogP contribution in [0.3, 0.4) is 0 Å². The van der Waals surface area contributed by atoms with E-state index >= 15 is 0 Å². The summed E-state index contributed by atoms with van der Waals surface area (Å²) in [4.78, 5) is 26.1. The normalized spacial score (nSPS) is 21.1. The molecule has 1 aliphatic heterocycles. The molecular weight excluding hydrogens is 256 g/mol. The highest BCUT2D eigenvalue weighted by atomic mass is 16.5. The molecule has 1 N–H and O–H groups in total. The van der Waals surface area contributed by atoms with Crippen LogP contribution in [-0.2, 0) is 14.3 Å². The first-order valence-electron chi connectivity index (χ1n) is 7.34. The molecule has 0 aromatic heterocycles. The second kappa shape index (κ2) is 7.07. The average Bonchev–Trinajstić information content (AvgIpc) is 2.49. The fourth-order valence-corrected chi connectivity index (χ4v) is 2.43. The Kier molecular flexibility index (Phi) is 5.99. The standard InChI is InChI=1S/C15H28N2O3/c1-11(2)13-14(19)17(8-6-12(18)16-13)10-15(3,4)7-9-20-5/h11,13H,6-10H2,1-5H3,(H,16,18). The zero-order valence-corrected chi connectivity index (χ0v) is 13.4. The van der Waals surface area contributed by atoms with Gasteiger partial charge in [-0.1, -0.05) is 27.7 Å². The molecule has 0 radical (unpaired) electrons. The number of hydrogen-bond acceptors (Lipinski definition) is 3. The van der Waals surface area contributed by atoms with Crippen molar-refractivity contribution in [1.82, 2.24) is 10.2 Å². The molecule has 116 valence electrons. The van der Waals surface area contributed by atoms with Gasteiger partial charge in [0, 0.05) is 33.2 Å². The van der Waals surface area contributed by atoms with Crippen LogP contribution in [-0.4, -0.2) is 49.6 Å². The fraction of sp³-hybridized carbons (Fsp3) is 0.867. The third-order valence-electron chi connectivity index (χ3n) is 3.77. The van der Waals surface area contributed by atoms with Gasteiger partial charge in [0.15, 0.2) is 0 Å². The molecule has 2 amide bonds. The minimum atomic E-state index is -0.400. The number of amides is 2. The largest absolute Gasteiger partial charge is 0.385 e. The first kappa shape index (κ1) is 17.0. The summed E-state index contributed by atoms with van der Waals surface area (Å²) >= 11 is 0. The summed E-state index contributed by atoms with van der Waals surface area (Å²) in [7, 11) is 1.69. The van der Waals surface area contributed by atoms with Crippen molar-refractivity contribution in [2.75, 3.05) is 26.8 Å². The summed E-state index contributed by atoms with van der Waals surface area (Å²) in [6.45, 7) is 10.0. The number of nitrogens with one attached hydrogen (secondary N) is 1. The highest BCUT2D eigenvalue weighted by Gasteiger charge is 2.34. The molecule has 1 unspecified atom stereocenters. The van der Waals surface area contributed by atoms with Crippen molar-refractivity contribution < 1.29 is 14.3 Å². The second-order valence-corrected chi connectivity index (χ2v) is 6.71. The van der Waals surface area contributed by atoms with Crippen molar-refractivity contribution in [3.05, 3.63) is 0 Å². The minimum Gasteiger partial charge on any atom is -0.385 e. The molecule has 5 heteroatoms. The number of carbonyl (C=O) groups excluding carboxylic acids is 2. The Morgan fingerprint density at radius 3 is 2.60 bits per heavy atom. The summed E-state index contributed by atoms with van der Waals surface area (Å²) < 4.78 is 5.12. The highest BCUT2D eigenvalue weighted by Crippen LogP contribution is 2.23. The lowest BCUT2D eigenvalue weighted by atomic mass is 9.88. The monoisotopic (exact) mass is 284 g/mol. The smallest absolute Gasteiger partial charge is 0.245 e. The molecule has 1 atom stereocenters. The summed E-state index contributed by atoms with van der Waals surface area (Å²) in [5, 5.41) is 2.83. The van der Waals surface area contributed by atoms with E-state index in [-0.39, 0.29) is 23.1 Å². The van der Waals surface area contributed by atoms with E-state index in [2.05, 4.69) is 19.2 Å². The Morgan fingerprint density at radius 2 is 2.05 bits per heavy atom. The number of carbonyl (C=O) groups is 2. The van der Waals surface area contributed by atoms with Gasteiger partial charge < -0.3 is 15.0 Å². The van der Waals surface area contributed by atoms with Gasteiger partial charge in [-0.25, -0.2) is 0 Å². The van der Waals surface area contributed by atoms with Crippen LogP contribution < -0.4 is 5.32 Å². The number of nitrogens with zero attached hydrogens (tertiary/aromatic N) is 1. The first-order chi connectivity index (χ1) is 9.26. The fourth-order valence-electron chi connectivity index (χ4n) is 2.43. The predicted octanol–water partition coefficient (Wildman–Crippen LogP) is 1.42. The van der Waals surface area contributed by atoms with E-state index in [0.717, 1.165) is 6.42 Å². The highest BCUT2D eigenvalue weighted by molar-refractivity contribution is 5.90. The third-order valence-corrected chi connectivity index (χ3v) is 3.77. The molecule has 1 saturated heterocycles. The van der Waals surface area contributed by atoms with Crippen molar-refractivity contribution in [3.63, 3.8) is 0 Å². The van der Waals surface area contributed by atoms with Crippen molar-refractivity contribution in [1.29, 1.82) is 0 Å². The number of methoxy groups -OCH3 is 1. The number of hydrogen-bond donors (Lipinski definition) is 1. The maximum Gasteiger partial charge on any atom is 0.245 e. The third kappa shape index (κ3) is 4.78. The van der Waals surface area contributed by atoms with Gasteiger partial charge in [0.25, 0.3) is 0 Å². The zero-order valence-electron chi connectivity index (χ0n) is 13.4. The molecule has 0 spiro atoms. The molecule has 0 aromatic carbocycles. The van der Waals surface area contributed by atoms with Crippen LogP contribution in [0.5, 0.6) is 0 Å². The van der Waals surface area contributed by atoms with E-state index in [1.165, 1.54) is 0 Å². The van der Waals surface area contributed by atoms with Crippen LogP contribution in [0.2, 0.25) is 0 Å².